The Morgan fingerprint density at radius 2 is 1.55 bits per heavy atom. The fourth-order valence-electron chi connectivity index (χ4n) is 6.66. The second-order valence-corrected chi connectivity index (χ2v) is 12.9. The molecule has 0 aromatic heterocycles. The van der Waals surface area contributed by atoms with Crippen molar-refractivity contribution in [3.63, 3.8) is 0 Å². The standard InChI is InChI=1S/C33H43Cl2N3O2/c1-36(32(39)24-8-4-2-5-9-24)23-27(26-14-15-30(34)31(35)22-26)16-19-37-20-17-29(18-21-37)38(33(40)25-12-13-25)28-10-6-3-7-11-28/h2,4-5,8-9,14-15,22,25,27-29H,3,6-7,10-13,16-21,23H2,1H3/t27-/m1/s1. The molecule has 7 heteroatoms. The zero-order valence-electron chi connectivity index (χ0n) is 23.7. The van der Waals surface area contributed by atoms with E-state index in [4.69, 9.17) is 23.2 Å². The molecule has 0 spiro atoms. The van der Waals surface area contributed by atoms with E-state index in [1.807, 2.05) is 60.5 Å². The number of hydrogen-bond donors (Lipinski definition) is 0. The molecule has 0 bridgehead atoms. The van der Waals surface area contributed by atoms with Crippen molar-refractivity contribution in [3.8, 4) is 0 Å². The summed E-state index contributed by atoms with van der Waals surface area (Å²) in [5.74, 6) is 0.897. The van der Waals surface area contributed by atoms with Gasteiger partial charge in [0, 0.05) is 56.2 Å². The molecule has 2 amide bonds. The third-order valence-electron chi connectivity index (χ3n) is 9.17. The van der Waals surface area contributed by atoms with Crippen LogP contribution in [0.3, 0.4) is 0 Å². The van der Waals surface area contributed by atoms with Crippen LogP contribution in [0.15, 0.2) is 48.5 Å². The molecule has 2 aromatic carbocycles. The van der Waals surface area contributed by atoms with Crippen molar-refractivity contribution >= 4 is 35.0 Å². The fourth-order valence-corrected chi connectivity index (χ4v) is 6.97. The van der Waals surface area contributed by atoms with Crippen LogP contribution in [0.5, 0.6) is 0 Å². The van der Waals surface area contributed by atoms with E-state index in [-0.39, 0.29) is 11.8 Å². The van der Waals surface area contributed by atoms with Crippen molar-refractivity contribution in [1.29, 1.82) is 0 Å². The summed E-state index contributed by atoms with van der Waals surface area (Å²) < 4.78 is 0. The van der Waals surface area contributed by atoms with Crippen LogP contribution in [0.4, 0.5) is 0 Å². The van der Waals surface area contributed by atoms with Crippen molar-refractivity contribution in [2.24, 2.45) is 5.92 Å². The molecule has 216 valence electrons. The summed E-state index contributed by atoms with van der Waals surface area (Å²) in [7, 11) is 1.88. The molecular weight excluding hydrogens is 541 g/mol. The zero-order valence-corrected chi connectivity index (χ0v) is 25.3. The highest BCUT2D eigenvalue weighted by Gasteiger charge is 2.40. The molecule has 40 heavy (non-hydrogen) atoms. The van der Waals surface area contributed by atoms with Crippen LogP contribution < -0.4 is 0 Å². The highest BCUT2D eigenvalue weighted by molar-refractivity contribution is 6.42. The Morgan fingerprint density at radius 1 is 0.875 bits per heavy atom. The maximum atomic E-state index is 13.3. The summed E-state index contributed by atoms with van der Waals surface area (Å²) in [6.45, 7) is 3.58. The fraction of sp³-hybridized carbons (Fsp3) is 0.576. The molecule has 0 unspecified atom stereocenters. The summed E-state index contributed by atoms with van der Waals surface area (Å²) in [6, 6.07) is 16.1. The van der Waals surface area contributed by atoms with Gasteiger partial charge in [0.1, 0.15) is 0 Å². The topological polar surface area (TPSA) is 43.9 Å². The van der Waals surface area contributed by atoms with Gasteiger partial charge in [-0.05, 0) is 81.3 Å². The van der Waals surface area contributed by atoms with E-state index in [1.54, 1.807) is 0 Å². The Balaban J connectivity index is 1.21. The quantitative estimate of drug-likeness (QED) is 0.295. The number of benzene rings is 2. The number of amides is 2. The van der Waals surface area contributed by atoms with E-state index in [2.05, 4.69) is 9.80 Å². The lowest BCUT2D eigenvalue weighted by atomic mass is 9.90. The molecule has 1 saturated heterocycles. The maximum Gasteiger partial charge on any atom is 0.253 e. The van der Waals surface area contributed by atoms with E-state index in [0.717, 1.165) is 57.3 Å². The average Bonchev–Trinajstić information content (AvgIpc) is 3.84. The Morgan fingerprint density at radius 3 is 2.20 bits per heavy atom. The first-order valence-corrected chi connectivity index (χ1v) is 16.0. The largest absolute Gasteiger partial charge is 0.341 e. The highest BCUT2D eigenvalue weighted by Crippen LogP contribution is 2.37. The Bertz CT molecular complexity index is 1140. The molecule has 2 aromatic rings. The second kappa shape index (κ2) is 13.7. The lowest BCUT2D eigenvalue weighted by Crippen LogP contribution is -2.53. The molecule has 3 fully saturated rings. The van der Waals surface area contributed by atoms with Gasteiger partial charge >= 0.3 is 0 Å². The molecule has 0 radical (unpaired) electrons. The number of likely N-dealkylation sites (tertiary alicyclic amines) is 1. The van der Waals surface area contributed by atoms with Gasteiger partial charge < -0.3 is 14.7 Å². The molecule has 2 aliphatic carbocycles. The Labute approximate surface area is 249 Å². The molecule has 1 aliphatic heterocycles. The lowest BCUT2D eigenvalue weighted by Gasteiger charge is -2.44. The molecule has 1 heterocycles. The van der Waals surface area contributed by atoms with Crippen molar-refractivity contribution < 1.29 is 9.59 Å². The SMILES string of the molecule is CN(C[C@@H](CCN1CCC(N(C(=O)C2CC2)C2CCCCC2)CC1)c1ccc(Cl)c(Cl)c1)C(=O)c1ccccc1. The summed E-state index contributed by atoms with van der Waals surface area (Å²) in [5, 5.41) is 1.09. The predicted molar refractivity (Wildman–Crippen MR) is 163 cm³/mol. The third-order valence-corrected chi connectivity index (χ3v) is 9.91. The van der Waals surface area contributed by atoms with E-state index in [9.17, 15) is 9.59 Å². The van der Waals surface area contributed by atoms with Crippen molar-refractivity contribution in [1.82, 2.24) is 14.7 Å². The number of piperidine rings is 1. The van der Waals surface area contributed by atoms with Gasteiger partial charge in [0.15, 0.2) is 0 Å². The monoisotopic (exact) mass is 583 g/mol. The zero-order chi connectivity index (χ0) is 28.1. The van der Waals surface area contributed by atoms with Gasteiger partial charge in [-0.15, -0.1) is 0 Å². The van der Waals surface area contributed by atoms with Crippen LogP contribution in [0.1, 0.15) is 86.0 Å². The van der Waals surface area contributed by atoms with Crippen LogP contribution in [-0.2, 0) is 4.79 Å². The van der Waals surface area contributed by atoms with Gasteiger partial charge in [-0.1, -0.05) is 66.7 Å². The molecule has 1 atom stereocenters. The van der Waals surface area contributed by atoms with E-state index < -0.39 is 0 Å². The smallest absolute Gasteiger partial charge is 0.253 e. The van der Waals surface area contributed by atoms with E-state index in [1.165, 1.54) is 32.1 Å². The normalized spacial score (nSPS) is 19.8. The summed E-state index contributed by atoms with van der Waals surface area (Å²) >= 11 is 12.6. The van der Waals surface area contributed by atoms with Crippen LogP contribution >= 0.6 is 23.2 Å². The predicted octanol–water partition coefficient (Wildman–Crippen LogP) is 7.28. The molecule has 3 aliphatic rings. The third kappa shape index (κ3) is 7.40. The van der Waals surface area contributed by atoms with Crippen molar-refractivity contribution in [2.45, 2.75) is 82.2 Å². The van der Waals surface area contributed by atoms with Gasteiger partial charge in [0.2, 0.25) is 5.91 Å². The number of nitrogens with zero attached hydrogens (tertiary/aromatic N) is 3. The highest BCUT2D eigenvalue weighted by atomic mass is 35.5. The molecule has 5 nitrogen and oxygen atoms in total. The Hall–Kier alpha value is -2.08. The van der Waals surface area contributed by atoms with Crippen LogP contribution in [-0.4, -0.2) is 71.8 Å². The number of rotatable bonds is 10. The first kappa shape index (κ1) is 29.4. The second-order valence-electron chi connectivity index (χ2n) is 12.1. The first-order valence-electron chi connectivity index (χ1n) is 15.2. The maximum absolute atomic E-state index is 13.3. The van der Waals surface area contributed by atoms with Crippen LogP contribution in [0.2, 0.25) is 10.0 Å². The number of hydrogen-bond acceptors (Lipinski definition) is 3. The summed E-state index contributed by atoms with van der Waals surface area (Å²) in [5.41, 5.74) is 1.80. The first-order chi connectivity index (χ1) is 19.4. The summed E-state index contributed by atoms with van der Waals surface area (Å²) in [4.78, 5) is 33.2. The lowest BCUT2D eigenvalue weighted by molar-refractivity contribution is -0.139. The summed E-state index contributed by atoms with van der Waals surface area (Å²) in [6.07, 6.45) is 11.4. The number of halogens is 2. The van der Waals surface area contributed by atoms with Gasteiger partial charge in [0.05, 0.1) is 10.0 Å². The minimum Gasteiger partial charge on any atom is -0.341 e. The van der Waals surface area contributed by atoms with E-state index >= 15 is 0 Å². The number of likely N-dealkylation sites (N-methyl/N-ethyl adjacent to an activating group) is 1. The van der Waals surface area contributed by atoms with Gasteiger partial charge in [-0.3, -0.25) is 9.59 Å². The Kier molecular flexibility index (Phi) is 10.1. The molecule has 5 rings (SSSR count). The van der Waals surface area contributed by atoms with Gasteiger partial charge in [-0.25, -0.2) is 0 Å². The molecular formula is C33H43Cl2N3O2. The van der Waals surface area contributed by atoms with Crippen molar-refractivity contribution in [3.05, 3.63) is 69.7 Å². The molecule has 0 N–H and O–H groups in total. The minimum absolute atomic E-state index is 0.0228. The number of carbonyl (C=O) groups is 2. The van der Waals surface area contributed by atoms with Gasteiger partial charge in [0.25, 0.3) is 5.91 Å². The molecule has 2 saturated carbocycles. The van der Waals surface area contributed by atoms with Crippen molar-refractivity contribution in [2.75, 3.05) is 33.2 Å². The number of carbonyl (C=O) groups excluding carboxylic acids is 2. The minimum atomic E-state index is 0.0228. The van der Waals surface area contributed by atoms with Gasteiger partial charge in [-0.2, -0.15) is 0 Å². The van der Waals surface area contributed by atoms with E-state index in [0.29, 0.717) is 46.1 Å². The van der Waals surface area contributed by atoms with Crippen LogP contribution in [0.25, 0.3) is 0 Å². The average molecular weight is 585 g/mol. The van der Waals surface area contributed by atoms with Crippen LogP contribution in [0, 0.1) is 5.92 Å².